The maximum Gasteiger partial charge on any atom is 0.249 e. The molecule has 4 aliphatic heterocycles. The van der Waals surface area contributed by atoms with Crippen LogP contribution in [0.25, 0.3) is 0 Å². The van der Waals surface area contributed by atoms with Crippen LogP contribution in [0.1, 0.15) is 27.7 Å². The van der Waals surface area contributed by atoms with E-state index in [1.54, 1.807) is 23.8 Å². The van der Waals surface area contributed by atoms with E-state index in [0.717, 1.165) is 0 Å². The molecular weight excluding hydrogens is 386 g/mol. The van der Waals surface area contributed by atoms with Gasteiger partial charge >= 0.3 is 0 Å². The fourth-order valence-electron chi connectivity index (χ4n) is 5.37. The number of carbonyl (C=O) groups excluding carboxylic acids is 3. The first kappa shape index (κ1) is 21.1. The van der Waals surface area contributed by atoms with Gasteiger partial charge in [0.2, 0.25) is 17.7 Å². The normalized spacial score (nSPS) is 37.1. The summed E-state index contributed by atoms with van der Waals surface area (Å²) in [5, 5.41) is 9.85. The molecule has 1 N–H and O–H groups in total. The minimum atomic E-state index is -1.23. The summed E-state index contributed by atoms with van der Waals surface area (Å²) in [7, 11) is 1.71. The molecule has 0 saturated carbocycles. The number of carbonyl (C=O) groups is 3. The topological polar surface area (TPSA) is 90.4 Å². The van der Waals surface area contributed by atoms with Crippen LogP contribution in [0.15, 0.2) is 24.3 Å². The van der Waals surface area contributed by atoms with Crippen LogP contribution in [0.4, 0.5) is 0 Å². The van der Waals surface area contributed by atoms with Crippen molar-refractivity contribution in [2.24, 2.45) is 11.8 Å². The van der Waals surface area contributed by atoms with Gasteiger partial charge in [-0.15, -0.1) is 0 Å². The van der Waals surface area contributed by atoms with Gasteiger partial charge in [-0.2, -0.15) is 0 Å². The van der Waals surface area contributed by atoms with E-state index in [-0.39, 0.29) is 24.3 Å². The van der Waals surface area contributed by atoms with Crippen molar-refractivity contribution < 1.29 is 24.2 Å². The lowest BCUT2D eigenvalue weighted by atomic mass is 9.77. The van der Waals surface area contributed by atoms with Crippen LogP contribution in [-0.2, 0) is 19.1 Å². The molecule has 3 amide bonds. The van der Waals surface area contributed by atoms with E-state index in [9.17, 15) is 19.5 Å². The Labute approximate surface area is 177 Å². The highest BCUT2D eigenvalue weighted by Gasteiger charge is 2.72. The summed E-state index contributed by atoms with van der Waals surface area (Å²) in [5.74, 6) is -2.18. The maximum atomic E-state index is 13.8. The van der Waals surface area contributed by atoms with Crippen LogP contribution in [0.5, 0.6) is 0 Å². The lowest BCUT2D eigenvalue weighted by Gasteiger charge is -2.41. The Morgan fingerprint density at radius 3 is 2.50 bits per heavy atom. The number of hydrogen-bond donors (Lipinski definition) is 1. The van der Waals surface area contributed by atoms with Gasteiger partial charge in [-0.1, -0.05) is 24.3 Å². The summed E-state index contributed by atoms with van der Waals surface area (Å²) in [4.78, 5) is 45.5. The molecule has 0 aliphatic carbocycles. The number of likely N-dealkylation sites (N-methyl/N-ethyl adjacent to an activating group) is 1. The van der Waals surface area contributed by atoms with Crippen LogP contribution in [0.2, 0.25) is 0 Å². The molecule has 0 radical (unpaired) electrons. The molecule has 1 unspecified atom stereocenters. The van der Waals surface area contributed by atoms with Gasteiger partial charge in [0.05, 0.1) is 30.6 Å². The van der Waals surface area contributed by atoms with E-state index >= 15 is 0 Å². The molecule has 1 spiro atoms. The lowest BCUT2D eigenvalue weighted by Crippen LogP contribution is -2.60. The largest absolute Gasteiger partial charge is 0.394 e. The molecule has 164 valence electrons. The maximum absolute atomic E-state index is 13.8. The number of fused-ring (bicyclic) bond motifs is 2. The zero-order valence-corrected chi connectivity index (χ0v) is 18.2. The highest BCUT2D eigenvalue weighted by molar-refractivity contribution is 6.00. The second kappa shape index (κ2) is 6.92. The van der Waals surface area contributed by atoms with Gasteiger partial charge in [-0.05, 0) is 27.7 Å². The average Bonchev–Trinajstić information content (AvgIpc) is 3.00. The van der Waals surface area contributed by atoms with Crippen molar-refractivity contribution >= 4 is 17.7 Å². The van der Waals surface area contributed by atoms with Crippen molar-refractivity contribution in [3.05, 3.63) is 24.3 Å². The molecule has 4 aliphatic rings. The number of hydrogen-bond acceptors (Lipinski definition) is 5. The van der Waals surface area contributed by atoms with Gasteiger partial charge in [0, 0.05) is 25.7 Å². The van der Waals surface area contributed by atoms with Crippen molar-refractivity contribution in [1.29, 1.82) is 0 Å². The molecule has 4 rings (SSSR count). The van der Waals surface area contributed by atoms with Crippen molar-refractivity contribution in [2.75, 3.05) is 26.7 Å². The Morgan fingerprint density at radius 1 is 1.17 bits per heavy atom. The molecule has 30 heavy (non-hydrogen) atoms. The Bertz CT molecular complexity index is 831. The summed E-state index contributed by atoms with van der Waals surface area (Å²) in [6.07, 6.45) is 6.85. The number of aliphatic hydroxyl groups is 1. The standard InChI is InChI=1S/C22H31N3O5/c1-13(12-26)25-17-20(29)24(21(2,3)4)11-7-9-22(17)16(19(25)28)15-14(30-22)8-6-10-23(5)18(15)27/h6-9,13-17,26H,10-12H2,1-5H3/t13-,14-,15+,16+,17?,22+/m1/s1. The number of rotatable bonds is 2. The molecule has 2 saturated heterocycles. The summed E-state index contributed by atoms with van der Waals surface area (Å²) in [5.41, 5.74) is -1.69. The number of nitrogens with zero attached hydrogens (tertiary/aromatic N) is 3. The fraction of sp³-hybridized carbons (Fsp3) is 0.682. The summed E-state index contributed by atoms with van der Waals surface area (Å²) < 4.78 is 6.47. The Balaban J connectivity index is 1.88. The van der Waals surface area contributed by atoms with Crippen molar-refractivity contribution in [3.63, 3.8) is 0 Å². The van der Waals surface area contributed by atoms with Crippen LogP contribution >= 0.6 is 0 Å². The lowest BCUT2D eigenvalue weighted by molar-refractivity contribution is -0.153. The third-order valence-corrected chi connectivity index (χ3v) is 6.85. The smallest absolute Gasteiger partial charge is 0.249 e. The van der Waals surface area contributed by atoms with Crippen LogP contribution in [0.3, 0.4) is 0 Å². The zero-order valence-electron chi connectivity index (χ0n) is 18.2. The number of amides is 3. The van der Waals surface area contributed by atoms with Crippen molar-refractivity contribution in [2.45, 2.75) is 57.0 Å². The van der Waals surface area contributed by atoms with Crippen LogP contribution in [-0.4, -0.2) is 93.6 Å². The van der Waals surface area contributed by atoms with Crippen molar-refractivity contribution in [1.82, 2.24) is 14.7 Å². The number of aliphatic hydroxyl groups excluding tert-OH is 1. The molecule has 0 bridgehead atoms. The highest BCUT2D eigenvalue weighted by atomic mass is 16.5. The summed E-state index contributed by atoms with van der Waals surface area (Å²) in [6, 6.07) is -1.49. The second-order valence-corrected chi connectivity index (χ2v) is 9.79. The third kappa shape index (κ3) is 2.76. The fourth-order valence-corrected chi connectivity index (χ4v) is 5.37. The van der Waals surface area contributed by atoms with Crippen molar-refractivity contribution in [3.8, 4) is 0 Å². The molecule has 0 aromatic rings. The monoisotopic (exact) mass is 417 g/mol. The third-order valence-electron chi connectivity index (χ3n) is 6.85. The van der Waals surface area contributed by atoms with E-state index in [1.807, 2.05) is 45.1 Å². The van der Waals surface area contributed by atoms with E-state index < -0.39 is 41.2 Å². The van der Waals surface area contributed by atoms with Gasteiger partial charge in [0.25, 0.3) is 0 Å². The summed E-state index contributed by atoms with van der Waals surface area (Å²) in [6.45, 7) is 8.14. The average molecular weight is 418 g/mol. The van der Waals surface area contributed by atoms with Gasteiger partial charge < -0.3 is 24.5 Å². The highest BCUT2D eigenvalue weighted by Crippen LogP contribution is 2.54. The van der Waals surface area contributed by atoms with Crippen LogP contribution in [0, 0.1) is 11.8 Å². The van der Waals surface area contributed by atoms with E-state index in [1.165, 1.54) is 4.90 Å². The number of ether oxygens (including phenoxy) is 1. The molecule has 8 nitrogen and oxygen atoms in total. The molecular formula is C22H31N3O5. The Kier molecular flexibility index (Phi) is 4.86. The minimum absolute atomic E-state index is 0.157. The van der Waals surface area contributed by atoms with E-state index in [2.05, 4.69) is 0 Å². The van der Waals surface area contributed by atoms with Gasteiger partial charge in [-0.3, -0.25) is 14.4 Å². The zero-order chi connectivity index (χ0) is 22.0. The predicted molar refractivity (Wildman–Crippen MR) is 109 cm³/mol. The number of likely N-dealkylation sites (tertiary alicyclic amines) is 1. The first-order valence-electron chi connectivity index (χ1n) is 10.6. The quantitative estimate of drug-likeness (QED) is 0.647. The molecule has 2 fully saturated rings. The van der Waals surface area contributed by atoms with Gasteiger partial charge in [-0.25, -0.2) is 0 Å². The second-order valence-electron chi connectivity index (χ2n) is 9.79. The summed E-state index contributed by atoms with van der Waals surface area (Å²) >= 11 is 0. The van der Waals surface area contributed by atoms with Crippen LogP contribution < -0.4 is 0 Å². The Morgan fingerprint density at radius 2 is 1.87 bits per heavy atom. The SMILES string of the molecule is C[C@H](CO)N1C(=O)[C@@H]2[C@H]3C(=O)N(C)CC=C[C@H]3O[C@@]23C=CCN(C(C)(C)C)C(=O)C13. The van der Waals surface area contributed by atoms with E-state index in [0.29, 0.717) is 13.1 Å². The molecule has 0 aromatic carbocycles. The first-order chi connectivity index (χ1) is 14.0. The Hall–Kier alpha value is -2.19. The first-order valence-corrected chi connectivity index (χ1v) is 10.6. The molecule has 8 heteroatoms. The molecule has 6 atom stereocenters. The van der Waals surface area contributed by atoms with Gasteiger partial charge in [0.15, 0.2) is 0 Å². The minimum Gasteiger partial charge on any atom is -0.394 e. The predicted octanol–water partition coefficient (Wildman–Crippen LogP) is 0.173. The van der Waals surface area contributed by atoms with E-state index in [4.69, 9.17) is 4.74 Å². The van der Waals surface area contributed by atoms with Gasteiger partial charge in [0.1, 0.15) is 11.6 Å². The molecule has 0 aromatic heterocycles. The molecule has 4 heterocycles.